The van der Waals surface area contributed by atoms with Crippen molar-refractivity contribution in [3.8, 4) is 0 Å². The largest absolute Gasteiger partial charge is 0.481 e. The molecule has 0 bridgehead atoms. The van der Waals surface area contributed by atoms with Crippen molar-refractivity contribution in [1.29, 1.82) is 0 Å². The Morgan fingerprint density at radius 1 is 1.64 bits per heavy atom. The van der Waals surface area contributed by atoms with E-state index in [-0.39, 0.29) is 12.4 Å². The summed E-state index contributed by atoms with van der Waals surface area (Å²) in [6, 6.07) is 0. The molecule has 0 saturated heterocycles. The second-order valence-electron chi connectivity index (χ2n) is 2.73. The summed E-state index contributed by atoms with van der Waals surface area (Å²) in [4.78, 5) is 9.00. The fourth-order valence-electron chi connectivity index (χ4n) is 0.514. The van der Waals surface area contributed by atoms with Crippen molar-refractivity contribution in [2.75, 3.05) is 0 Å². The zero-order chi connectivity index (χ0) is 8.20. The first-order valence-corrected chi connectivity index (χ1v) is 3.48. The molecule has 1 fully saturated rings. The first-order valence-electron chi connectivity index (χ1n) is 3.48. The van der Waals surface area contributed by atoms with E-state index >= 15 is 0 Å². The Kier molecular flexibility index (Phi) is 6.52. The Balaban J connectivity index is 0. The molecule has 0 aromatic heterocycles. The van der Waals surface area contributed by atoms with Gasteiger partial charge in [0.25, 0.3) is 5.97 Å². The Hall–Kier alpha value is -0.280. The van der Waals surface area contributed by atoms with Gasteiger partial charge >= 0.3 is 0 Å². The SMILES string of the molecule is CC(=O)O.CCC1(N)CC1.Cl. The van der Waals surface area contributed by atoms with Crippen molar-refractivity contribution in [3.63, 3.8) is 0 Å². The number of hydrogen-bond donors (Lipinski definition) is 2. The van der Waals surface area contributed by atoms with Crippen LogP contribution in [0.1, 0.15) is 33.1 Å². The first-order chi connectivity index (χ1) is 4.50. The molecule has 0 atom stereocenters. The van der Waals surface area contributed by atoms with E-state index in [1.54, 1.807) is 0 Å². The molecule has 0 aliphatic heterocycles. The normalized spacial score (nSPS) is 17.0. The summed E-state index contributed by atoms with van der Waals surface area (Å²) in [6.45, 7) is 3.23. The molecule has 3 nitrogen and oxygen atoms in total. The number of aliphatic carboxylic acids is 1. The molecule has 3 N–H and O–H groups in total. The minimum atomic E-state index is -0.833. The van der Waals surface area contributed by atoms with E-state index in [1.807, 2.05) is 0 Å². The van der Waals surface area contributed by atoms with Crippen LogP contribution >= 0.6 is 12.4 Å². The highest BCUT2D eigenvalue weighted by Crippen LogP contribution is 2.34. The molecule has 0 amide bonds. The van der Waals surface area contributed by atoms with Gasteiger partial charge in [0.15, 0.2) is 0 Å². The van der Waals surface area contributed by atoms with E-state index in [0.717, 1.165) is 13.3 Å². The maximum absolute atomic E-state index is 9.00. The van der Waals surface area contributed by atoms with Crippen molar-refractivity contribution in [1.82, 2.24) is 0 Å². The molecule has 0 unspecified atom stereocenters. The Bertz CT molecular complexity index is 120. The third-order valence-electron chi connectivity index (χ3n) is 1.60. The van der Waals surface area contributed by atoms with E-state index in [4.69, 9.17) is 15.6 Å². The van der Waals surface area contributed by atoms with Crippen LogP contribution in [0.15, 0.2) is 0 Å². The Morgan fingerprint density at radius 3 is 1.91 bits per heavy atom. The van der Waals surface area contributed by atoms with Crippen molar-refractivity contribution in [2.45, 2.75) is 38.6 Å². The highest BCUT2D eigenvalue weighted by molar-refractivity contribution is 5.85. The average molecular weight is 182 g/mol. The van der Waals surface area contributed by atoms with E-state index < -0.39 is 5.97 Å². The quantitative estimate of drug-likeness (QED) is 0.643. The maximum Gasteiger partial charge on any atom is 0.300 e. The van der Waals surface area contributed by atoms with Crippen LogP contribution in [0.4, 0.5) is 0 Å². The molecular weight excluding hydrogens is 166 g/mol. The van der Waals surface area contributed by atoms with Crippen LogP contribution in [0, 0.1) is 0 Å². The molecular formula is C7H16ClNO2. The summed E-state index contributed by atoms with van der Waals surface area (Å²) >= 11 is 0. The van der Waals surface area contributed by atoms with Crippen molar-refractivity contribution in [2.24, 2.45) is 5.73 Å². The number of rotatable bonds is 1. The summed E-state index contributed by atoms with van der Waals surface area (Å²) in [5.74, 6) is -0.833. The van der Waals surface area contributed by atoms with Gasteiger partial charge in [0.05, 0.1) is 0 Å². The molecule has 68 valence electrons. The van der Waals surface area contributed by atoms with Gasteiger partial charge in [0.1, 0.15) is 0 Å². The van der Waals surface area contributed by atoms with Gasteiger partial charge < -0.3 is 10.8 Å². The molecule has 4 heteroatoms. The second kappa shape index (κ2) is 5.38. The first kappa shape index (κ1) is 13.3. The molecule has 0 aromatic rings. The van der Waals surface area contributed by atoms with Crippen molar-refractivity contribution < 1.29 is 9.90 Å². The van der Waals surface area contributed by atoms with Gasteiger partial charge in [-0.15, -0.1) is 12.4 Å². The molecule has 11 heavy (non-hydrogen) atoms. The number of carboxylic acids is 1. The number of nitrogens with two attached hydrogens (primary N) is 1. The summed E-state index contributed by atoms with van der Waals surface area (Å²) in [5, 5.41) is 7.42. The van der Waals surface area contributed by atoms with Gasteiger partial charge in [-0.1, -0.05) is 6.92 Å². The lowest BCUT2D eigenvalue weighted by molar-refractivity contribution is -0.134. The van der Waals surface area contributed by atoms with Gasteiger partial charge in [-0.05, 0) is 19.3 Å². The summed E-state index contributed by atoms with van der Waals surface area (Å²) in [7, 11) is 0. The van der Waals surface area contributed by atoms with Crippen LogP contribution in [0.2, 0.25) is 0 Å². The molecule has 1 saturated carbocycles. The number of halogens is 1. The lowest BCUT2D eigenvalue weighted by Gasteiger charge is -1.98. The lowest BCUT2D eigenvalue weighted by atomic mass is 10.2. The molecule has 0 spiro atoms. The second-order valence-corrected chi connectivity index (χ2v) is 2.73. The van der Waals surface area contributed by atoms with Crippen molar-refractivity contribution >= 4 is 18.4 Å². The Labute approximate surface area is 73.4 Å². The number of carboxylic acid groups (broad SMARTS) is 1. The van der Waals surface area contributed by atoms with Crippen LogP contribution in [-0.4, -0.2) is 16.6 Å². The van der Waals surface area contributed by atoms with Crippen LogP contribution in [0.25, 0.3) is 0 Å². The zero-order valence-corrected chi connectivity index (χ0v) is 7.78. The topological polar surface area (TPSA) is 63.3 Å². The van der Waals surface area contributed by atoms with Crippen LogP contribution in [0.5, 0.6) is 0 Å². The van der Waals surface area contributed by atoms with Crippen LogP contribution in [0.3, 0.4) is 0 Å². The summed E-state index contributed by atoms with van der Waals surface area (Å²) in [6.07, 6.45) is 3.67. The molecule has 0 aromatic carbocycles. The van der Waals surface area contributed by atoms with E-state index in [0.29, 0.717) is 5.54 Å². The van der Waals surface area contributed by atoms with Gasteiger partial charge in [0.2, 0.25) is 0 Å². The fourth-order valence-corrected chi connectivity index (χ4v) is 0.514. The smallest absolute Gasteiger partial charge is 0.300 e. The monoisotopic (exact) mass is 181 g/mol. The van der Waals surface area contributed by atoms with E-state index in [1.165, 1.54) is 12.8 Å². The van der Waals surface area contributed by atoms with Crippen molar-refractivity contribution in [3.05, 3.63) is 0 Å². The molecule has 0 heterocycles. The predicted octanol–water partition coefficient (Wildman–Crippen LogP) is 1.40. The maximum atomic E-state index is 9.00. The third-order valence-corrected chi connectivity index (χ3v) is 1.60. The Morgan fingerprint density at radius 2 is 1.91 bits per heavy atom. The highest BCUT2D eigenvalue weighted by Gasteiger charge is 2.35. The molecule has 1 aliphatic carbocycles. The average Bonchev–Trinajstić information content (AvgIpc) is 2.48. The third kappa shape index (κ3) is 9.72. The molecule has 1 aliphatic rings. The van der Waals surface area contributed by atoms with Crippen LogP contribution in [-0.2, 0) is 4.79 Å². The van der Waals surface area contributed by atoms with Gasteiger partial charge in [-0.25, -0.2) is 0 Å². The highest BCUT2D eigenvalue weighted by atomic mass is 35.5. The number of hydrogen-bond acceptors (Lipinski definition) is 2. The van der Waals surface area contributed by atoms with E-state index in [9.17, 15) is 0 Å². The van der Waals surface area contributed by atoms with Gasteiger partial charge in [0, 0.05) is 12.5 Å². The number of carbonyl (C=O) groups is 1. The zero-order valence-electron chi connectivity index (χ0n) is 6.96. The molecule has 0 radical (unpaired) electrons. The van der Waals surface area contributed by atoms with Gasteiger partial charge in [-0.3, -0.25) is 4.79 Å². The minimum Gasteiger partial charge on any atom is -0.481 e. The predicted molar refractivity (Wildman–Crippen MR) is 47.0 cm³/mol. The van der Waals surface area contributed by atoms with E-state index in [2.05, 4.69) is 6.92 Å². The lowest BCUT2D eigenvalue weighted by Crippen LogP contribution is -2.19. The summed E-state index contributed by atoms with van der Waals surface area (Å²) in [5.41, 5.74) is 5.94. The molecule has 1 rings (SSSR count). The van der Waals surface area contributed by atoms with Gasteiger partial charge in [-0.2, -0.15) is 0 Å². The minimum absolute atomic E-state index is 0. The standard InChI is InChI=1S/C5H11N.C2H4O2.ClH/c1-2-5(6)3-4-5;1-2(3)4;/h2-4,6H2,1H3;1H3,(H,3,4);1H. The summed E-state index contributed by atoms with van der Waals surface area (Å²) < 4.78 is 0. The van der Waals surface area contributed by atoms with Crippen LogP contribution < -0.4 is 5.73 Å². The fraction of sp³-hybridized carbons (Fsp3) is 0.857.